The zero-order chi connectivity index (χ0) is 28.0. The number of nitrogens with one attached hydrogen (secondary N) is 1. The normalized spacial score (nSPS) is 15.3. The van der Waals surface area contributed by atoms with Crippen molar-refractivity contribution in [1.29, 1.82) is 0 Å². The quantitative estimate of drug-likeness (QED) is 0.0658. The molecule has 0 aromatic heterocycles. The Morgan fingerprint density at radius 3 is 1.81 bits per heavy atom. The van der Waals surface area contributed by atoms with Crippen LogP contribution in [0.3, 0.4) is 0 Å². The third kappa shape index (κ3) is 24.3. The van der Waals surface area contributed by atoms with Crippen molar-refractivity contribution in [2.75, 3.05) is 40.9 Å². The van der Waals surface area contributed by atoms with Gasteiger partial charge >= 0.3 is 7.82 Å². The first-order chi connectivity index (χ1) is 17.5. The second kappa shape index (κ2) is 22.3. The minimum absolute atomic E-state index is 0.0761. The van der Waals surface area contributed by atoms with Gasteiger partial charge in [-0.2, -0.15) is 0 Å². The average molecular weight is 552 g/mol. The first kappa shape index (κ1) is 36.5. The van der Waals surface area contributed by atoms with Crippen molar-refractivity contribution in [3.63, 3.8) is 0 Å². The number of quaternary nitrogens is 1. The summed E-state index contributed by atoms with van der Waals surface area (Å²) in [6.45, 7) is 4.72. The van der Waals surface area contributed by atoms with Crippen molar-refractivity contribution >= 4 is 13.7 Å². The molecule has 9 heteroatoms. The third-order valence-corrected chi connectivity index (χ3v) is 7.59. The summed E-state index contributed by atoms with van der Waals surface area (Å²) in [5.74, 6) is -0.157. The lowest BCUT2D eigenvalue weighted by Crippen LogP contribution is -2.46. The molecule has 0 bridgehead atoms. The second-order valence-electron chi connectivity index (χ2n) is 11.5. The molecule has 0 aliphatic carbocycles. The highest BCUT2D eigenvalue weighted by molar-refractivity contribution is 7.47. The van der Waals surface area contributed by atoms with Crippen molar-refractivity contribution in [2.45, 2.75) is 135 Å². The Bertz CT molecular complexity index is 600. The smallest absolute Gasteiger partial charge is 0.391 e. The van der Waals surface area contributed by atoms with Crippen LogP contribution in [0, 0.1) is 0 Å². The third-order valence-electron chi connectivity index (χ3n) is 6.61. The van der Waals surface area contributed by atoms with Crippen molar-refractivity contribution in [3.8, 4) is 0 Å². The van der Waals surface area contributed by atoms with Crippen molar-refractivity contribution in [1.82, 2.24) is 5.32 Å². The van der Waals surface area contributed by atoms with E-state index in [0.717, 1.165) is 44.9 Å². The van der Waals surface area contributed by atoms with Gasteiger partial charge in [0.2, 0.25) is 5.91 Å². The predicted octanol–water partition coefficient (Wildman–Crippen LogP) is 6.34. The van der Waals surface area contributed by atoms with E-state index in [2.05, 4.69) is 19.2 Å². The minimum Gasteiger partial charge on any atom is -0.391 e. The van der Waals surface area contributed by atoms with Gasteiger partial charge in [0.25, 0.3) is 0 Å². The van der Waals surface area contributed by atoms with Gasteiger partial charge < -0.3 is 19.8 Å². The Morgan fingerprint density at radius 2 is 1.30 bits per heavy atom. The van der Waals surface area contributed by atoms with E-state index < -0.39 is 20.0 Å². The van der Waals surface area contributed by atoms with Crippen molar-refractivity contribution in [3.05, 3.63) is 0 Å². The summed E-state index contributed by atoms with van der Waals surface area (Å²) in [5.41, 5.74) is 0. The molecule has 0 radical (unpaired) electrons. The van der Waals surface area contributed by atoms with Crippen LogP contribution in [0.2, 0.25) is 0 Å². The molecular formula is C28H60N2O6P+. The van der Waals surface area contributed by atoms with Crippen LogP contribution in [0.5, 0.6) is 0 Å². The van der Waals surface area contributed by atoms with Crippen LogP contribution in [0.15, 0.2) is 0 Å². The number of carbonyl (C=O) groups is 1. The zero-order valence-electron chi connectivity index (χ0n) is 24.7. The van der Waals surface area contributed by atoms with Gasteiger partial charge in [-0.25, -0.2) is 4.57 Å². The maximum absolute atomic E-state index is 12.6. The molecule has 3 atom stereocenters. The molecule has 3 unspecified atom stereocenters. The molecule has 0 spiro atoms. The second-order valence-corrected chi connectivity index (χ2v) is 12.9. The van der Waals surface area contributed by atoms with Gasteiger partial charge in [0.05, 0.1) is 39.9 Å². The van der Waals surface area contributed by atoms with E-state index in [-0.39, 0.29) is 19.1 Å². The van der Waals surface area contributed by atoms with Gasteiger partial charge in [-0.15, -0.1) is 0 Å². The van der Waals surface area contributed by atoms with E-state index >= 15 is 0 Å². The number of phosphoric acid groups is 1. The number of likely N-dealkylation sites (N-methyl/N-ethyl adjacent to an activating group) is 1. The number of carbonyl (C=O) groups excluding carboxylic acids is 1. The lowest BCUT2D eigenvalue weighted by Gasteiger charge is -2.26. The SMILES string of the molecule is CCCCCCCCCCCCCC(=O)NC(COP(=O)(O)OCC[N+](C)(C)C)C(O)CCCCCC. The van der Waals surface area contributed by atoms with Gasteiger partial charge in [0.1, 0.15) is 13.2 Å². The fourth-order valence-electron chi connectivity index (χ4n) is 4.10. The number of hydrogen-bond acceptors (Lipinski definition) is 5. The lowest BCUT2D eigenvalue weighted by atomic mass is 10.0. The summed E-state index contributed by atoms with van der Waals surface area (Å²) in [4.78, 5) is 22.6. The Kier molecular flexibility index (Phi) is 22.0. The maximum Gasteiger partial charge on any atom is 0.472 e. The molecule has 222 valence electrons. The van der Waals surface area contributed by atoms with Gasteiger partial charge in [0.15, 0.2) is 0 Å². The van der Waals surface area contributed by atoms with Crippen LogP contribution < -0.4 is 5.32 Å². The van der Waals surface area contributed by atoms with Crippen molar-refractivity contribution < 1.29 is 32.9 Å². The topological polar surface area (TPSA) is 105 Å². The molecule has 0 saturated carbocycles. The first-order valence-corrected chi connectivity index (χ1v) is 16.4. The van der Waals surface area contributed by atoms with Crippen LogP contribution in [-0.2, 0) is 18.4 Å². The molecule has 0 aromatic rings. The largest absolute Gasteiger partial charge is 0.472 e. The average Bonchev–Trinajstić information content (AvgIpc) is 2.81. The molecule has 0 fully saturated rings. The van der Waals surface area contributed by atoms with Crippen LogP contribution in [0.1, 0.15) is 123 Å². The van der Waals surface area contributed by atoms with Gasteiger partial charge in [0, 0.05) is 6.42 Å². The predicted molar refractivity (Wildman–Crippen MR) is 152 cm³/mol. The fourth-order valence-corrected chi connectivity index (χ4v) is 4.84. The molecule has 37 heavy (non-hydrogen) atoms. The molecule has 1 amide bonds. The van der Waals surface area contributed by atoms with E-state index in [1.54, 1.807) is 0 Å². The van der Waals surface area contributed by atoms with E-state index in [4.69, 9.17) is 9.05 Å². The fraction of sp³-hybridized carbons (Fsp3) is 0.964. The summed E-state index contributed by atoms with van der Waals surface area (Å²) >= 11 is 0. The Morgan fingerprint density at radius 1 is 0.811 bits per heavy atom. The molecule has 0 aromatic carbocycles. The number of amides is 1. The van der Waals surface area contributed by atoms with Crippen molar-refractivity contribution in [2.24, 2.45) is 0 Å². The zero-order valence-corrected chi connectivity index (χ0v) is 25.6. The lowest BCUT2D eigenvalue weighted by molar-refractivity contribution is -0.870. The maximum atomic E-state index is 12.6. The molecular weight excluding hydrogens is 491 g/mol. The van der Waals surface area contributed by atoms with Crippen LogP contribution in [0.25, 0.3) is 0 Å². The number of aliphatic hydroxyl groups is 1. The molecule has 0 rings (SSSR count). The summed E-state index contributed by atoms with van der Waals surface area (Å²) in [5, 5.41) is 13.5. The molecule has 8 nitrogen and oxygen atoms in total. The molecule has 3 N–H and O–H groups in total. The Balaban J connectivity index is 4.43. The Hall–Kier alpha value is -0.500. The van der Waals surface area contributed by atoms with Gasteiger partial charge in [-0.1, -0.05) is 104 Å². The highest BCUT2D eigenvalue weighted by Gasteiger charge is 2.28. The number of hydrogen-bond donors (Lipinski definition) is 3. The van der Waals surface area contributed by atoms with E-state index in [1.807, 2.05) is 21.1 Å². The van der Waals surface area contributed by atoms with Crippen LogP contribution in [-0.4, -0.2) is 73.4 Å². The first-order valence-electron chi connectivity index (χ1n) is 14.9. The number of aliphatic hydroxyl groups excluding tert-OH is 1. The Labute approximate surface area is 228 Å². The van der Waals surface area contributed by atoms with E-state index in [1.165, 1.54) is 51.4 Å². The number of phosphoric ester groups is 1. The molecule has 0 saturated heterocycles. The number of rotatable bonds is 26. The van der Waals surface area contributed by atoms with Gasteiger partial charge in [-0.3, -0.25) is 13.8 Å². The summed E-state index contributed by atoms with van der Waals surface area (Å²) in [6, 6.07) is -0.746. The molecule has 0 aliphatic rings. The highest BCUT2D eigenvalue weighted by atomic mass is 31.2. The number of unbranched alkanes of at least 4 members (excludes halogenated alkanes) is 13. The van der Waals surface area contributed by atoms with E-state index in [9.17, 15) is 19.4 Å². The van der Waals surface area contributed by atoms with E-state index in [0.29, 0.717) is 23.9 Å². The standard InChI is InChI=1S/C28H59N2O6P/c1-6-8-10-12-13-14-15-16-17-18-20-22-28(32)29-26(27(31)21-19-11-9-7-2)25-36-37(33,34)35-24-23-30(3,4)5/h26-27,31H,6-25H2,1-5H3,(H-,29,32,33,34)/p+1. The van der Waals surface area contributed by atoms with Crippen LogP contribution >= 0.6 is 7.82 Å². The van der Waals surface area contributed by atoms with Gasteiger partial charge in [-0.05, 0) is 12.8 Å². The summed E-state index contributed by atoms with van der Waals surface area (Å²) in [7, 11) is 1.61. The highest BCUT2D eigenvalue weighted by Crippen LogP contribution is 2.43. The molecule has 0 aliphatic heterocycles. The summed E-state index contributed by atoms with van der Waals surface area (Å²) < 4.78 is 23.1. The number of nitrogens with zero attached hydrogens (tertiary/aromatic N) is 1. The summed E-state index contributed by atoms with van der Waals surface area (Å²) in [6.07, 6.45) is 17.4. The monoisotopic (exact) mass is 551 g/mol. The molecule has 0 heterocycles. The van der Waals surface area contributed by atoms with Crippen LogP contribution in [0.4, 0.5) is 0 Å². The minimum atomic E-state index is -4.27.